The molecule has 2 aromatic heterocycles. The number of amides is 1. The van der Waals surface area contributed by atoms with Crippen LogP contribution in [0.2, 0.25) is 0 Å². The highest BCUT2D eigenvalue weighted by Gasteiger charge is 2.50. The molecule has 5 nitrogen and oxygen atoms in total. The molecule has 2 fully saturated rings. The molecule has 5 heteroatoms. The minimum absolute atomic E-state index is 0.0478. The molecule has 1 saturated heterocycles. The monoisotopic (exact) mass is 309 g/mol. The Hall–Kier alpha value is -2.43. The fourth-order valence-electron chi connectivity index (χ4n) is 3.75. The van der Waals surface area contributed by atoms with E-state index >= 15 is 0 Å². The van der Waals surface area contributed by atoms with E-state index in [1.807, 2.05) is 36.1 Å². The third-order valence-electron chi connectivity index (χ3n) is 4.79. The van der Waals surface area contributed by atoms with Gasteiger partial charge in [-0.15, -0.1) is 0 Å². The number of likely N-dealkylation sites (tertiary alicyclic amines) is 1. The second-order valence-electron chi connectivity index (χ2n) is 6.36. The second-order valence-corrected chi connectivity index (χ2v) is 6.36. The Morgan fingerprint density at radius 3 is 3.00 bits per heavy atom. The van der Waals surface area contributed by atoms with E-state index in [1.165, 1.54) is 0 Å². The van der Waals surface area contributed by atoms with Crippen LogP contribution in [0.1, 0.15) is 28.8 Å². The largest absolute Gasteiger partial charge is 0.472 e. The highest BCUT2D eigenvalue weighted by molar-refractivity contribution is 5.94. The van der Waals surface area contributed by atoms with Gasteiger partial charge in [0.2, 0.25) is 5.88 Å². The Morgan fingerprint density at radius 2 is 2.22 bits per heavy atom. The molecular formula is C18H19N3O2. The zero-order chi connectivity index (χ0) is 15.8. The number of rotatable bonds is 3. The lowest BCUT2D eigenvalue weighted by atomic mass is 10.1. The summed E-state index contributed by atoms with van der Waals surface area (Å²) in [6.07, 6.45) is 7.29. The zero-order valence-electron chi connectivity index (χ0n) is 13.1. The van der Waals surface area contributed by atoms with Gasteiger partial charge in [0.1, 0.15) is 6.10 Å². The summed E-state index contributed by atoms with van der Waals surface area (Å²) >= 11 is 0. The second kappa shape index (κ2) is 5.65. The van der Waals surface area contributed by atoms with Crippen molar-refractivity contribution < 1.29 is 9.53 Å². The molecule has 0 aromatic carbocycles. The number of pyridine rings is 2. The van der Waals surface area contributed by atoms with Crippen LogP contribution in [-0.2, 0) is 0 Å². The molecule has 3 atom stereocenters. The smallest absolute Gasteiger partial charge is 0.255 e. The molecule has 2 aliphatic rings. The van der Waals surface area contributed by atoms with Gasteiger partial charge in [-0.25, -0.2) is 4.98 Å². The van der Waals surface area contributed by atoms with Gasteiger partial charge in [0.05, 0.1) is 11.6 Å². The molecule has 3 heterocycles. The molecule has 1 aliphatic carbocycles. The Morgan fingerprint density at radius 1 is 1.30 bits per heavy atom. The minimum atomic E-state index is 0.0478. The van der Waals surface area contributed by atoms with Crippen molar-refractivity contribution in [1.82, 2.24) is 14.9 Å². The first kappa shape index (κ1) is 14.2. The molecule has 2 aromatic rings. The van der Waals surface area contributed by atoms with Crippen LogP contribution >= 0.6 is 0 Å². The van der Waals surface area contributed by atoms with E-state index < -0.39 is 0 Å². The van der Waals surface area contributed by atoms with E-state index in [4.69, 9.17) is 4.74 Å². The summed E-state index contributed by atoms with van der Waals surface area (Å²) < 4.78 is 6.08. The Labute approximate surface area is 135 Å². The summed E-state index contributed by atoms with van der Waals surface area (Å²) in [5, 5.41) is 0. The lowest BCUT2D eigenvalue weighted by Crippen LogP contribution is -2.40. The van der Waals surface area contributed by atoms with Gasteiger partial charge in [-0.3, -0.25) is 9.78 Å². The average molecular weight is 309 g/mol. The third kappa shape index (κ3) is 2.56. The van der Waals surface area contributed by atoms with E-state index in [0.29, 0.717) is 17.4 Å². The molecule has 0 N–H and O–H groups in total. The molecule has 118 valence electrons. The van der Waals surface area contributed by atoms with Gasteiger partial charge < -0.3 is 9.64 Å². The van der Waals surface area contributed by atoms with Crippen LogP contribution in [0.15, 0.2) is 42.9 Å². The van der Waals surface area contributed by atoms with Gasteiger partial charge in [-0.2, -0.15) is 0 Å². The topological polar surface area (TPSA) is 55.3 Å². The minimum Gasteiger partial charge on any atom is -0.472 e. The van der Waals surface area contributed by atoms with E-state index in [-0.39, 0.29) is 18.1 Å². The first-order valence-electron chi connectivity index (χ1n) is 8.02. The number of aromatic nitrogens is 2. The quantitative estimate of drug-likeness (QED) is 0.874. The zero-order valence-corrected chi connectivity index (χ0v) is 13.1. The van der Waals surface area contributed by atoms with Crippen LogP contribution in [0.25, 0.3) is 0 Å². The van der Waals surface area contributed by atoms with Gasteiger partial charge in [-0.1, -0.05) is 6.07 Å². The molecule has 4 rings (SSSR count). The summed E-state index contributed by atoms with van der Waals surface area (Å²) in [7, 11) is 0. The first-order chi connectivity index (χ1) is 11.2. The molecule has 1 amide bonds. The van der Waals surface area contributed by atoms with Crippen molar-refractivity contribution in [3.63, 3.8) is 0 Å². The first-order valence-corrected chi connectivity index (χ1v) is 8.02. The maximum absolute atomic E-state index is 12.8. The van der Waals surface area contributed by atoms with Crippen molar-refractivity contribution in [1.29, 1.82) is 0 Å². The molecule has 0 radical (unpaired) electrons. The van der Waals surface area contributed by atoms with Crippen LogP contribution in [-0.4, -0.2) is 39.5 Å². The van der Waals surface area contributed by atoms with Gasteiger partial charge in [0.25, 0.3) is 5.91 Å². The molecule has 23 heavy (non-hydrogen) atoms. The van der Waals surface area contributed by atoms with Crippen molar-refractivity contribution in [3.8, 4) is 5.88 Å². The van der Waals surface area contributed by atoms with E-state index in [2.05, 4.69) is 9.97 Å². The fraction of sp³-hybridized carbons (Fsp3) is 0.389. The standard InChI is InChI=1S/C18H19N3O2/c1-12-8-14(10-19-9-12)18(22)21-11-13-5-6-15(21)17(13)23-16-4-2-3-7-20-16/h2-4,7-10,13,15,17H,5-6,11H2,1H3/t13-,15+,17-/m1/s1. The maximum Gasteiger partial charge on any atom is 0.255 e. The lowest BCUT2D eigenvalue weighted by Gasteiger charge is -2.27. The number of piperidine rings is 1. The van der Waals surface area contributed by atoms with E-state index in [1.54, 1.807) is 18.6 Å². The number of carbonyl (C=O) groups is 1. The van der Waals surface area contributed by atoms with Crippen molar-refractivity contribution in [3.05, 3.63) is 54.0 Å². The number of fused-ring (bicyclic) bond motifs is 2. The molecular weight excluding hydrogens is 290 g/mol. The highest BCUT2D eigenvalue weighted by Crippen LogP contribution is 2.40. The third-order valence-corrected chi connectivity index (χ3v) is 4.79. The summed E-state index contributed by atoms with van der Waals surface area (Å²) in [6, 6.07) is 7.69. The fourth-order valence-corrected chi connectivity index (χ4v) is 3.75. The summed E-state index contributed by atoms with van der Waals surface area (Å²) in [6.45, 7) is 2.71. The Kier molecular flexibility index (Phi) is 3.48. The van der Waals surface area contributed by atoms with Gasteiger partial charge in [-0.05, 0) is 37.5 Å². The number of hydrogen-bond acceptors (Lipinski definition) is 4. The van der Waals surface area contributed by atoms with E-state index in [0.717, 1.165) is 24.9 Å². The van der Waals surface area contributed by atoms with Crippen molar-refractivity contribution >= 4 is 5.91 Å². The molecule has 2 bridgehead atoms. The number of hydrogen-bond donors (Lipinski definition) is 0. The van der Waals surface area contributed by atoms with Crippen LogP contribution in [0.3, 0.4) is 0 Å². The van der Waals surface area contributed by atoms with Crippen LogP contribution in [0, 0.1) is 12.8 Å². The SMILES string of the molecule is Cc1cncc(C(=O)N2C[C@H]3CC[C@H]2[C@@H]3Oc2ccccn2)c1. The predicted molar refractivity (Wildman–Crippen MR) is 85.2 cm³/mol. The molecule has 0 spiro atoms. The van der Waals surface area contributed by atoms with Crippen LogP contribution < -0.4 is 4.74 Å². The maximum atomic E-state index is 12.8. The van der Waals surface area contributed by atoms with Gasteiger partial charge >= 0.3 is 0 Å². The van der Waals surface area contributed by atoms with Crippen LogP contribution in [0.4, 0.5) is 0 Å². The van der Waals surface area contributed by atoms with Crippen molar-refractivity contribution in [2.45, 2.75) is 31.9 Å². The molecule has 1 aliphatic heterocycles. The molecule has 1 saturated carbocycles. The summed E-state index contributed by atoms with van der Waals surface area (Å²) in [5.74, 6) is 1.09. The lowest BCUT2D eigenvalue weighted by molar-refractivity contribution is 0.0664. The summed E-state index contributed by atoms with van der Waals surface area (Å²) in [5.41, 5.74) is 1.66. The highest BCUT2D eigenvalue weighted by atomic mass is 16.5. The Bertz CT molecular complexity index is 719. The molecule has 0 unspecified atom stereocenters. The van der Waals surface area contributed by atoms with Crippen molar-refractivity contribution in [2.24, 2.45) is 5.92 Å². The number of ether oxygens (including phenoxy) is 1. The van der Waals surface area contributed by atoms with Gasteiger partial charge in [0.15, 0.2) is 0 Å². The number of aryl methyl sites for hydroxylation is 1. The van der Waals surface area contributed by atoms with Crippen LogP contribution in [0.5, 0.6) is 5.88 Å². The Balaban J connectivity index is 1.53. The predicted octanol–water partition coefficient (Wildman–Crippen LogP) is 2.47. The van der Waals surface area contributed by atoms with Crippen molar-refractivity contribution in [2.75, 3.05) is 6.54 Å². The normalized spacial score (nSPS) is 25.6. The number of nitrogens with zero attached hydrogens (tertiary/aromatic N) is 3. The average Bonchev–Trinajstić information content (AvgIpc) is 3.12. The van der Waals surface area contributed by atoms with E-state index in [9.17, 15) is 4.79 Å². The van der Waals surface area contributed by atoms with Gasteiger partial charge in [0, 0.05) is 37.1 Å². The number of carbonyl (C=O) groups excluding carboxylic acids is 1. The summed E-state index contributed by atoms with van der Waals surface area (Å²) in [4.78, 5) is 23.1.